The Hall–Kier alpha value is -3.74. The minimum Gasteiger partial charge on any atom is -0.307 e. The lowest BCUT2D eigenvalue weighted by molar-refractivity contribution is -0.120. The van der Waals surface area contributed by atoms with Crippen LogP contribution in [0.4, 0.5) is 5.82 Å². The van der Waals surface area contributed by atoms with E-state index in [1.165, 1.54) is 0 Å². The van der Waals surface area contributed by atoms with Gasteiger partial charge in [-0.1, -0.05) is 42.5 Å². The molecule has 1 N–H and O–H groups in total. The lowest BCUT2D eigenvalue weighted by Gasteiger charge is -2.25. The van der Waals surface area contributed by atoms with Crippen LogP contribution >= 0.6 is 0 Å². The van der Waals surface area contributed by atoms with E-state index in [2.05, 4.69) is 10.4 Å². The van der Waals surface area contributed by atoms with Gasteiger partial charge in [-0.25, -0.2) is 0 Å². The van der Waals surface area contributed by atoms with E-state index in [1.54, 1.807) is 48.3 Å². The molecule has 0 saturated carbocycles. The average Bonchev–Trinajstić information content (AvgIpc) is 3.22. The van der Waals surface area contributed by atoms with Crippen molar-refractivity contribution in [2.45, 2.75) is 12.5 Å². The first kappa shape index (κ1) is 17.7. The molecule has 28 heavy (non-hydrogen) atoms. The molecule has 2 aromatic carbocycles. The predicted octanol–water partition coefficient (Wildman–Crippen LogP) is 2.27. The fourth-order valence-corrected chi connectivity index (χ4v) is 3.32. The van der Waals surface area contributed by atoms with E-state index in [4.69, 9.17) is 0 Å². The maximum absolute atomic E-state index is 13.0. The van der Waals surface area contributed by atoms with Crippen molar-refractivity contribution in [1.29, 1.82) is 0 Å². The van der Waals surface area contributed by atoms with Crippen LogP contribution in [0.25, 0.3) is 0 Å². The van der Waals surface area contributed by atoms with Crippen LogP contribution in [0, 0.1) is 0 Å². The zero-order valence-electron chi connectivity index (χ0n) is 15.2. The van der Waals surface area contributed by atoms with Crippen LogP contribution in [0.2, 0.25) is 0 Å². The number of rotatable bonds is 5. The highest BCUT2D eigenvalue weighted by molar-refractivity contribution is 6.23. The Morgan fingerprint density at radius 3 is 2.14 bits per heavy atom. The van der Waals surface area contributed by atoms with Gasteiger partial charge in [0.1, 0.15) is 6.04 Å². The molecule has 7 heteroatoms. The van der Waals surface area contributed by atoms with Crippen LogP contribution in [0.15, 0.2) is 66.9 Å². The maximum atomic E-state index is 13.0. The number of amides is 3. The van der Waals surface area contributed by atoms with Gasteiger partial charge in [-0.15, -0.1) is 0 Å². The minimum absolute atomic E-state index is 0.213. The second kappa shape index (κ2) is 7.11. The van der Waals surface area contributed by atoms with Gasteiger partial charge in [-0.05, 0) is 17.7 Å². The number of fused-ring (bicyclic) bond motifs is 1. The molecule has 1 aliphatic rings. The first-order chi connectivity index (χ1) is 13.5. The largest absolute Gasteiger partial charge is 0.307 e. The van der Waals surface area contributed by atoms with E-state index in [0.29, 0.717) is 16.9 Å². The Balaban J connectivity index is 1.68. The zero-order chi connectivity index (χ0) is 19.7. The number of nitrogens with one attached hydrogen (secondary N) is 1. The molecular formula is C21H18N4O3. The van der Waals surface area contributed by atoms with E-state index < -0.39 is 23.8 Å². The normalized spacial score (nSPS) is 14.1. The Morgan fingerprint density at radius 2 is 1.57 bits per heavy atom. The fraction of sp³-hybridized carbons (Fsp3) is 0.143. The SMILES string of the molecule is Cn1ccc(NC(=O)[C@H](Cc2ccccc2)N2C(=O)c3ccccc3C2=O)n1. The number of aromatic nitrogens is 2. The van der Waals surface area contributed by atoms with Gasteiger partial charge in [0.2, 0.25) is 5.91 Å². The lowest BCUT2D eigenvalue weighted by Crippen LogP contribution is -2.48. The number of aryl methyl sites for hydroxylation is 1. The molecule has 0 spiro atoms. The topological polar surface area (TPSA) is 84.3 Å². The zero-order valence-corrected chi connectivity index (χ0v) is 15.2. The second-order valence-corrected chi connectivity index (χ2v) is 6.60. The number of carbonyl (C=O) groups is 3. The number of imide groups is 1. The molecule has 0 unspecified atom stereocenters. The van der Waals surface area contributed by atoms with Crippen molar-refractivity contribution in [2.75, 3.05) is 5.32 Å². The van der Waals surface area contributed by atoms with Gasteiger partial charge >= 0.3 is 0 Å². The van der Waals surface area contributed by atoms with E-state index in [1.807, 2.05) is 30.3 Å². The summed E-state index contributed by atoms with van der Waals surface area (Å²) in [6, 6.07) is 16.6. The highest BCUT2D eigenvalue weighted by Crippen LogP contribution is 2.26. The summed E-state index contributed by atoms with van der Waals surface area (Å²) in [5.41, 5.74) is 1.48. The van der Waals surface area contributed by atoms with Crippen molar-refractivity contribution in [1.82, 2.24) is 14.7 Å². The second-order valence-electron chi connectivity index (χ2n) is 6.60. The van der Waals surface area contributed by atoms with Gasteiger partial charge in [0.15, 0.2) is 5.82 Å². The van der Waals surface area contributed by atoms with Crippen LogP contribution in [0.5, 0.6) is 0 Å². The van der Waals surface area contributed by atoms with Crippen LogP contribution in [-0.4, -0.2) is 38.4 Å². The summed E-state index contributed by atoms with van der Waals surface area (Å²) in [5, 5.41) is 6.85. The van der Waals surface area contributed by atoms with Crippen molar-refractivity contribution >= 4 is 23.5 Å². The van der Waals surface area contributed by atoms with Crippen LogP contribution < -0.4 is 5.32 Å². The number of carbonyl (C=O) groups excluding carboxylic acids is 3. The van der Waals surface area contributed by atoms with Gasteiger partial charge in [0.25, 0.3) is 11.8 Å². The molecule has 0 fully saturated rings. The van der Waals surface area contributed by atoms with Crippen LogP contribution in [0.3, 0.4) is 0 Å². The van der Waals surface area contributed by atoms with Crippen molar-refractivity contribution in [2.24, 2.45) is 7.05 Å². The molecule has 1 aromatic heterocycles. The minimum atomic E-state index is -0.989. The number of hydrogen-bond acceptors (Lipinski definition) is 4. The third-order valence-corrected chi connectivity index (χ3v) is 4.68. The molecule has 3 aromatic rings. The van der Waals surface area contributed by atoms with E-state index in [9.17, 15) is 14.4 Å². The summed E-state index contributed by atoms with van der Waals surface area (Å²) in [6.07, 6.45) is 1.91. The summed E-state index contributed by atoms with van der Waals surface area (Å²) in [5.74, 6) is -1.02. The van der Waals surface area contributed by atoms with Crippen molar-refractivity contribution in [3.63, 3.8) is 0 Å². The predicted molar refractivity (Wildman–Crippen MR) is 103 cm³/mol. The van der Waals surface area contributed by atoms with Crippen molar-refractivity contribution in [3.05, 3.63) is 83.6 Å². The van der Waals surface area contributed by atoms with E-state index in [-0.39, 0.29) is 6.42 Å². The number of hydrogen-bond donors (Lipinski definition) is 1. The Morgan fingerprint density at radius 1 is 0.964 bits per heavy atom. The van der Waals surface area contributed by atoms with E-state index in [0.717, 1.165) is 10.5 Å². The van der Waals surface area contributed by atoms with Crippen LogP contribution in [0.1, 0.15) is 26.3 Å². The molecule has 0 radical (unpaired) electrons. The molecule has 0 aliphatic carbocycles. The lowest BCUT2D eigenvalue weighted by atomic mass is 10.0. The fourth-order valence-electron chi connectivity index (χ4n) is 3.32. The van der Waals surface area contributed by atoms with Gasteiger partial charge in [-0.3, -0.25) is 24.0 Å². The molecular weight excluding hydrogens is 356 g/mol. The van der Waals surface area contributed by atoms with Gasteiger partial charge < -0.3 is 5.32 Å². The van der Waals surface area contributed by atoms with Gasteiger partial charge in [0, 0.05) is 25.7 Å². The Labute approximate surface area is 161 Å². The smallest absolute Gasteiger partial charge is 0.262 e. The monoisotopic (exact) mass is 374 g/mol. The summed E-state index contributed by atoms with van der Waals surface area (Å²) in [4.78, 5) is 39.9. The first-order valence-electron chi connectivity index (χ1n) is 8.86. The molecule has 4 rings (SSSR count). The summed E-state index contributed by atoms with van der Waals surface area (Å²) in [7, 11) is 1.74. The molecule has 140 valence electrons. The van der Waals surface area contributed by atoms with Crippen molar-refractivity contribution < 1.29 is 14.4 Å². The average molecular weight is 374 g/mol. The molecule has 1 atom stereocenters. The molecule has 0 saturated heterocycles. The maximum Gasteiger partial charge on any atom is 0.262 e. The molecule has 7 nitrogen and oxygen atoms in total. The number of nitrogens with zero attached hydrogens (tertiary/aromatic N) is 3. The molecule has 2 heterocycles. The van der Waals surface area contributed by atoms with Gasteiger partial charge in [-0.2, -0.15) is 5.10 Å². The molecule has 0 bridgehead atoms. The molecule has 1 aliphatic heterocycles. The third-order valence-electron chi connectivity index (χ3n) is 4.68. The number of anilines is 1. The number of benzene rings is 2. The standard InChI is InChI=1S/C21H18N4O3/c1-24-12-11-18(23-24)22-19(26)17(13-14-7-3-2-4-8-14)25-20(27)15-9-5-6-10-16(15)21(25)28/h2-12,17H,13H2,1H3,(H,22,23,26)/t17-/m0/s1. The highest BCUT2D eigenvalue weighted by atomic mass is 16.2. The summed E-state index contributed by atoms with van der Waals surface area (Å²) >= 11 is 0. The van der Waals surface area contributed by atoms with Gasteiger partial charge in [0.05, 0.1) is 11.1 Å². The highest BCUT2D eigenvalue weighted by Gasteiger charge is 2.42. The quantitative estimate of drug-likeness (QED) is 0.695. The Kier molecular flexibility index (Phi) is 4.49. The molecule has 3 amide bonds. The summed E-state index contributed by atoms with van der Waals surface area (Å²) < 4.78 is 1.56. The Bertz CT molecular complexity index is 1020. The first-order valence-corrected chi connectivity index (χ1v) is 8.86. The summed E-state index contributed by atoms with van der Waals surface area (Å²) in [6.45, 7) is 0. The van der Waals surface area contributed by atoms with E-state index >= 15 is 0 Å². The third kappa shape index (κ3) is 3.18. The van der Waals surface area contributed by atoms with Crippen molar-refractivity contribution in [3.8, 4) is 0 Å². The van der Waals surface area contributed by atoms with Crippen LogP contribution in [-0.2, 0) is 18.3 Å².